The molecule has 1 fully saturated rings. The Labute approximate surface area is 79.8 Å². The molecule has 0 radical (unpaired) electrons. The molecule has 1 aliphatic carbocycles. The van der Waals surface area contributed by atoms with Crippen molar-refractivity contribution in [3.63, 3.8) is 0 Å². The zero-order chi connectivity index (χ0) is 10.1. The van der Waals surface area contributed by atoms with E-state index in [2.05, 4.69) is 12.2 Å². The Hall–Kier alpha value is -0.730. The summed E-state index contributed by atoms with van der Waals surface area (Å²) in [5.41, 5.74) is 0.0662. The molecule has 3 nitrogen and oxygen atoms in total. The van der Waals surface area contributed by atoms with E-state index in [4.69, 9.17) is 4.74 Å². The first-order valence-corrected chi connectivity index (χ1v) is 4.76. The van der Waals surface area contributed by atoms with Crippen molar-refractivity contribution in [1.82, 2.24) is 5.32 Å². The molecule has 0 unspecified atom stereocenters. The van der Waals surface area contributed by atoms with Crippen LogP contribution in [0.5, 0.6) is 0 Å². The molecule has 0 spiro atoms. The predicted octanol–water partition coefficient (Wildman–Crippen LogP) is 2.31. The van der Waals surface area contributed by atoms with Gasteiger partial charge in [-0.25, -0.2) is 4.79 Å². The second kappa shape index (κ2) is 3.20. The van der Waals surface area contributed by atoms with Crippen molar-refractivity contribution in [2.75, 3.05) is 6.61 Å². The molecule has 0 aromatic carbocycles. The number of alkyl carbamates (subject to hydrolysis) is 1. The van der Waals surface area contributed by atoms with Gasteiger partial charge in [-0.15, -0.1) is 0 Å². The van der Waals surface area contributed by atoms with Crippen LogP contribution >= 0.6 is 0 Å². The highest BCUT2D eigenvalue weighted by atomic mass is 16.5. The van der Waals surface area contributed by atoms with Crippen LogP contribution in [-0.4, -0.2) is 18.2 Å². The Kier molecular flexibility index (Phi) is 2.55. The molecule has 0 aliphatic heterocycles. The molecule has 1 saturated carbocycles. The fourth-order valence-electron chi connectivity index (χ4n) is 0.940. The van der Waals surface area contributed by atoms with Crippen LogP contribution in [-0.2, 0) is 4.74 Å². The number of carbonyl (C=O) groups is 1. The van der Waals surface area contributed by atoms with Crippen molar-refractivity contribution in [3.8, 4) is 0 Å². The minimum Gasteiger partial charge on any atom is -0.449 e. The molecular formula is C10H19NO2. The van der Waals surface area contributed by atoms with Crippen LogP contribution in [0.2, 0.25) is 0 Å². The first kappa shape index (κ1) is 10.4. The van der Waals surface area contributed by atoms with Gasteiger partial charge in [0.15, 0.2) is 0 Å². The summed E-state index contributed by atoms with van der Waals surface area (Å²) in [6, 6.07) is 0. The first-order valence-electron chi connectivity index (χ1n) is 4.76. The van der Waals surface area contributed by atoms with Crippen molar-refractivity contribution in [3.05, 3.63) is 0 Å². The van der Waals surface area contributed by atoms with E-state index >= 15 is 0 Å². The normalized spacial score (nSPS) is 19.4. The molecule has 0 bridgehead atoms. The fourth-order valence-corrected chi connectivity index (χ4v) is 0.940. The highest BCUT2D eigenvalue weighted by Crippen LogP contribution is 2.44. The smallest absolute Gasteiger partial charge is 0.407 e. The summed E-state index contributed by atoms with van der Waals surface area (Å²) < 4.78 is 5.09. The molecule has 1 aliphatic rings. The lowest BCUT2D eigenvalue weighted by molar-refractivity contribution is 0.117. The highest BCUT2D eigenvalue weighted by molar-refractivity contribution is 5.68. The van der Waals surface area contributed by atoms with Gasteiger partial charge >= 0.3 is 6.09 Å². The summed E-state index contributed by atoms with van der Waals surface area (Å²) >= 11 is 0. The summed E-state index contributed by atoms with van der Waals surface area (Å²) in [6.07, 6.45) is 2.05. The van der Waals surface area contributed by atoms with E-state index in [0.717, 1.165) is 0 Å². The predicted molar refractivity (Wildman–Crippen MR) is 51.6 cm³/mol. The summed E-state index contributed by atoms with van der Waals surface area (Å²) in [4.78, 5) is 11.2. The van der Waals surface area contributed by atoms with Crippen LogP contribution in [0.15, 0.2) is 0 Å². The van der Waals surface area contributed by atoms with Gasteiger partial charge in [0, 0.05) is 11.0 Å². The van der Waals surface area contributed by atoms with Crippen molar-refractivity contribution >= 4 is 6.09 Å². The SMILES string of the molecule is CC1(COC(=O)NC(C)(C)C)CC1. The minimum atomic E-state index is -0.305. The molecule has 76 valence electrons. The molecule has 0 atom stereocenters. The third-order valence-corrected chi connectivity index (χ3v) is 2.13. The van der Waals surface area contributed by atoms with E-state index in [-0.39, 0.29) is 17.0 Å². The topological polar surface area (TPSA) is 38.3 Å². The van der Waals surface area contributed by atoms with E-state index < -0.39 is 0 Å². The third kappa shape index (κ3) is 4.15. The van der Waals surface area contributed by atoms with Gasteiger partial charge in [0.1, 0.15) is 0 Å². The van der Waals surface area contributed by atoms with Gasteiger partial charge in [0.05, 0.1) is 6.61 Å². The van der Waals surface area contributed by atoms with Gasteiger partial charge in [-0.2, -0.15) is 0 Å². The number of ether oxygens (including phenoxy) is 1. The zero-order valence-electron chi connectivity index (χ0n) is 8.94. The fraction of sp³-hybridized carbons (Fsp3) is 0.900. The van der Waals surface area contributed by atoms with Crippen molar-refractivity contribution in [2.24, 2.45) is 5.41 Å². The Morgan fingerprint density at radius 2 is 2.00 bits per heavy atom. The summed E-state index contributed by atoms with van der Waals surface area (Å²) in [5.74, 6) is 0. The minimum absolute atomic E-state index is 0.207. The van der Waals surface area contributed by atoms with Crippen molar-refractivity contribution in [1.29, 1.82) is 0 Å². The van der Waals surface area contributed by atoms with Crippen LogP contribution in [0, 0.1) is 5.41 Å². The summed E-state index contributed by atoms with van der Waals surface area (Å²) in [7, 11) is 0. The molecule has 13 heavy (non-hydrogen) atoms. The van der Waals surface area contributed by atoms with E-state index in [1.54, 1.807) is 0 Å². The lowest BCUT2D eigenvalue weighted by atomic mass is 10.1. The molecule has 3 heteroatoms. The Morgan fingerprint density at radius 1 is 1.46 bits per heavy atom. The molecule has 1 rings (SSSR count). The first-order chi connectivity index (χ1) is 5.81. The number of amides is 1. The highest BCUT2D eigenvalue weighted by Gasteiger charge is 2.38. The van der Waals surface area contributed by atoms with E-state index in [1.165, 1.54) is 12.8 Å². The average molecular weight is 185 g/mol. The number of hydrogen-bond donors (Lipinski definition) is 1. The van der Waals surface area contributed by atoms with Gasteiger partial charge in [0.2, 0.25) is 0 Å². The number of nitrogens with one attached hydrogen (secondary N) is 1. The maximum absolute atomic E-state index is 11.2. The largest absolute Gasteiger partial charge is 0.449 e. The second-order valence-corrected chi connectivity index (χ2v) is 5.26. The van der Waals surface area contributed by atoms with Crippen molar-refractivity contribution in [2.45, 2.75) is 46.1 Å². The molecule has 0 aromatic rings. The maximum Gasteiger partial charge on any atom is 0.407 e. The molecule has 0 heterocycles. The van der Waals surface area contributed by atoms with Crippen LogP contribution < -0.4 is 5.32 Å². The number of carbonyl (C=O) groups excluding carboxylic acids is 1. The Morgan fingerprint density at radius 3 is 2.38 bits per heavy atom. The van der Waals surface area contributed by atoms with E-state index in [0.29, 0.717) is 6.61 Å². The zero-order valence-corrected chi connectivity index (χ0v) is 8.94. The molecule has 0 aromatic heterocycles. The number of rotatable bonds is 2. The van der Waals surface area contributed by atoms with Crippen LogP contribution in [0.3, 0.4) is 0 Å². The van der Waals surface area contributed by atoms with E-state index in [9.17, 15) is 4.79 Å². The van der Waals surface area contributed by atoms with Gasteiger partial charge < -0.3 is 10.1 Å². The average Bonchev–Trinajstić information content (AvgIpc) is 2.62. The quantitative estimate of drug-likeness (QED) is 0.717. The summed E-state index contributed by atoms with van der Waals surface area (Å²) in [5, 5.41) is 2.76. The molecule has 0 saturated heterocycles. The second-order valence-electron chi connectivity index (χ2n) is 5.26. The standard InChI is InChI=1S/C10H19NO2/c1-9(2,3)11-8(12)13-7-10(4)5-6-10/h5-7H2,1-4H3,(H,11,12). The van der Waals surface area contributed by atoms with Gasteiger partial charge in [-0.05, 0) is 33.6 Å². The monoisotopic (exact) mass is 185 g/mol. The van der Waals surface area contributed by atoms with Crippen LogP contribution in [0.1, 0.15) is 40.5 Å². The third-order valence-electron chi connectivity index (χ3n) is 2.13. The Bertz CT molecular complexity index is 201. The molecular weight excluding hydrogens is 166 g/mol. The van der Waals surface area contributed by atoms with Gasteiger partial charge in [0.25, 0.3) is 0 Å². The van der Waals surface area contributed by atoms with Crippen LogP contribution in [0.25, 0.3) is 0 Å². The lowest BCUT2D eigenvalue weighted by Gasteiger charge is -2.20. The van der Waals surface area contributed by atoms with Gasteiger partial charge in [-0.3, -0.25) is 0 Å². The molecule has 1 N–H and O–H groups in total. The molecule has 1 amide bonds. The summed E-state index contributed by atoms with van der Waals surface area (Å²) in [6.45, 7) is 8.50. The van der Waals surface area contributed by atoms with Gasteiger partial charge in [-0.1, -0.05) is 6.92 Å². The number of hydrogen-bond acceptors (Lipinski definition) is 2. The van der Waals surface area contributed by atoms with E-state index in [1.807, 2.05) is 20.8 Å². The van der Waals surface area contributed by atoms with Crippen molar-refractivity contribution < 1.29 is 9.53 Å². The maximum atomic E-state index is 11.2. The lowest BCUT2D eigenvalue weighted by Crippen LogP contribution is -2.41. The van der Waals surface area contributed by atoms with Crippen LogP contribution in [0.4, 0.5) is 4.79 Å². The Balaban J connectivity index is 2.18.